The van der Waals surface area contributed by atoms with Crippen LogP contribution in [0.3, 0.4) is 0 Å². The van der Waals surface area contributed by atoms with Gasteiger partial charge in [0, 0.05) is 0 Å². The third-order valence-corrected chi connectivity index (χ3v) is 2.72. The zero-order chi connectivity index (χ0) is 8.27. The van der Waals surface area contributed by atoms with E-state index < -0.39 is 0 Å². The van der Waals surface area contributed by atoms with E-state index in [1.807, 2.05) is 25.1 Å². The summed E-state index contributed by atoms with van der Waals surface area (Å²) in [7, 11) is 0. The number of nitriles is 1. The first-order valence-electron chi connectivity index (χ1n) is 3.16. The summed E-state index contributed by atoms with van der Waals surface area (Å²) in [5.41, 5.74) is 7.53. The maximum atomic E-state index is 8.46. The fraction of sp³-hybridized carbons (Fsp3) is 0.125. The molecule has 1 aromatic carbocycles. The first-order valence-corrected chi connectivity index (χ1v) is 4.87. The average Bonchev–Trinajstić information content (AvgIpc) is 1.98. The molecule has 0 radical (unpaired) electrons. The fourth-order valence-electron chi connectivity index (χ4n) is 0.779. The Morgan fingerprint density at radius 3 is 2.91 bits per heavy atom. The van der Waals surface area contributed by atoms with Crippen molar-refractivity contribution in [1.29, 1.82) is 5.26 Å². The Morgan fingerprint density at radius 1 is 1.55 bits per heavy atom. The van der Waals surface area contributed by atoms with E-state index in [0.29, 0.717) is 0 Å². The number of nitrogens with two attached hydrogens (primary N) is 1. The average molecular weight is 211 g/mol. The van der Waals surface area contributed by atoms with E-state index in [2.05, 4.69) is 4.97 Å². The molecule has 1 rings (SSSR count). The molecule has 0 heterocycles. The Labute approximate surface area is 72.2 Å². The van der Waals surface area contributed by atoms with Gasteiger partial charge in [0.25, 0.3) is 0 Å². The third-order valence-electron chi connectivity index (χ3n) is 1.32. The molecule has 0 aliphatic rings. The van der Waals surface area contributed by atoms with Crippen LogP contribution in [0.2, 0.25) is 0 Å². The number of anilines is 1. The van der Waals surface area contributed by atoms with E-state index in [1.54, 1.807) is 0 Å². The van der Waals surface area contributed by atoms with Crippen LogP contribution in [0.4, 0.5) is 5.69 Å². The summed E-state index contributed by atoms with van der Waals surface area (Å²) >= 11 is -0.129. The summed E-state index contributed by atoms with van der Waals surface area (Å²) in [4.78, 5) is 2.13. The summed E-state index contributed by atoms with van der Waals surface area (Å²) in [6, 6.07) is 5.77. The van der Waals surface area contributed by atoms with Crippen LogP contribution in [0.15, 0.2) is 18.2 Å². The second-order valence-corrected chi connectivity index (χ2v) is 3.97. The number of hydrogen-bond acceptors (Lipinski definition) is 2. The van der Waals surface area contributed by atoms with Crippen molar-refractivity contribution in [3.8, 4) is 4.97 Å². The molecule has 0 unspecified atom stereocenters. The number of hydrogen-bond donors (Lipinski definition) is 1. The van der Waals surface area contributed by atoms with Crippen LogP contribution in [-0.2, 0) is 0 Å². The van der Waals surface area contributed by atoms with Crippen LogP contribution in [0.25, 0.3) is 0 Å². The van der Waals surface area contributed by atoms with E-state index in [-0.39, 0.29) is 15.0 Å². The molecule has 0 aliphatic carbocycles. The monoisotopic (exact) mass is 212 g/mol. The van der Waals surface area contributed by atoms with Crippen molar-refractivity contribution >= 4 is 25.1 Å². The van der Waals surface area contributed by atoms with Crippen molar-refractivity contribution in [2.45, 2.75) is 6.92 Å². The molecule has 2 nitrogen and oxygen atoms in total. The summed E-state index contributed by atoms with van der Waals surface area (Å²) in [6.45, 7) is 2.00. The van der Waals surface area contributed by atoms with Gasteiger partial charge in [0.1, 0.15) is 0 Å². The van der Waals surface area contributed by atoms with Crippen LogP contribution >= 0.6 is 0 Å². The standard InChI is InChI=1S/C8H8N2Se/c1-6-2-3-7(10)8(4-6)11-5-9/h2-4H,10H2,1H3. The first-order chi connectivity index (χ1) is 5.24. The molecule has 56 valence electrons. The molecule has 0 fully saturated rings. The van der Waals surface area contributed by atoms with Crippen molar-refractivity contribution < 1.29 is 0 Å². The van der Waals surface area contributed by atoms with E-state index in [4.69, 9.17) is 11.0 Å². The molecule has 0 saturated carbocycles. The molecule has 0 atom stereocenters. The zero-order valence-corrected chi connectivity index (χ0v) is 7.88. The van der Waals surface area contributed by atoms with Crippen molar-refractivity contribution in [2.75, 3.05) is 5.73 Å². The molecule has 0 amide bonds. The number of benzene rings is 1. The van der Waals surface area contributed by atoms with Crippen LogP contribution < -0.4 is 10.2 Å². The van der Waals surface area contributed by atoms with E-state index in [1.165, 1.54) is 0 Å². The quantitative estimate of drug-likeness (QED) is 0.539. The Balaban J connectivity index is 3.05. The Kier molecular flexibility index (Phi) is 2.53. The number of rotatable bonds is 1. The third kappa shape index (κ3) is 1.98. The second kappa shape index (κ2) is 3.43. The van der Waals surface area contributed by atoms with Gasteiger partial charge in [-0.2, -0.15) is 0 Å². The van der Waals surface area contributed by atoms with Gasteiger partial charge in [0.05, 0.1) is 0 Å². The molecule has 1 aromatic rings. The van der Waals surface area contributed by atoms with Crippen molar-refractivity contribution in [3.05, 3.63) is 23.8 Å². The van der Waals surface area contributed by atoms with Gasteiger partial charge in [-0.1, -0.05) is 0 Å². The molecule has 0 bridgehead atoms. The molecule has 11 heavy (non-hydrogen) atoms. The van der Waals surface area contributed by atoms with Crippen LogP contribution in [0, 0.1) is 17.2 Å². The molecule has 0 aromatic heterocycles. The predicted molar refractivity (Wildman–Crippen MR) is 46.6 cm³/mol. The second-order valence-electron chi connectivity index (χ2n) is 2.23. The summed E-state index contributed by atoms with van der Waals surface area (Å²) in [6.07, 6.45) is 0. The predicted octanol–water partition coefficient (Wildman–Crippen LogP) is 0.388. The summed E-state index contributed by atoms with van der Waals surface area (Å²) in [5, 5.41) is 8.46. The van der Waals surface area contributed by atoms with Gasteiger partial charge in [-0.25, -0.2) is 0 Å². The Bertz CT molecular complexity index is 301. The van der Waals surface area contributed by atoms with Crippen LogP contribution in [-0.4, -0.2) is 15.0 Å². The number of nitrogen functional groups attached to an aromatic ring is 1. The first kappa shape index (κ1) is 8.13. The van der Waals surface area contributed by atoms with E-state index in [9.17, 15) is 0 Å². The van der Waals surface area contributed by atoms with Gasteiger partial charge in [-0.05, 0) is 0 Å². The normalized spacial score (nSPS) is 9.09. The van der Waals surface area contributed by atoms with Gasteiger partial charge in [-0.15, -0.1) is 0 Å². The summed E-state index contributed by atoms with van der Waals surface area (Å²) in [5.74, 6) is 0. The molecule has 0 spiro atoms. The molecule has 0 aliphatic heterocycles. The van der Waals surface area contributed by atoms with Gasteiger partial charge in [0.15, 0.2) is 0 Å². The zero-order valence-electron chi connectivity index (χ0n) is 6.16. The SMILES string of the molecule is Cc1ccc(N)c([Se]C#N)c1. The van der Waals surface area contributed by atoms with Crippen molar-refractivity contribution in [3.63, 3.8) is 0 Å². The minimum absolute atomic E-state index is 0.129. The molecule has 0 saturated heterocycles. The van der Waals surface area contributed by atoms with Crippen molar-refractivity contribution in [1.82, 2.24) is 0 Å². The Hall–Kier alpha value is -0.971. The van der Waals surface area contributed by atoms with Gasteiger partial charge >= 0.3 is 71.8 Å². The molecular weight excluding hydrogens is 203 g/mol. The van der Waals surface area contributed by atoms with Gasteiger partial charge in [0.2, 0.25) is 0 Å². The number of nitrogens with zero attached hydrogens (tertiary/aromatic N) is 1. The molecule has 3 heteroatoms. The van der Waals surface area contributed by atoms with Gasteiger partial charge in [-0.3, -0.25) is 0 Å². The van der Waals surface area contributed by atoms with Crippen molar-refractivity contribution in [2.24, 2.45) is 0 Å². The van der Waals surface area contributed by atoms with Crippen LogP contribution in [0.5, 0.6) is 0 Å². The Morgan fingerprint density at radius 2 is 2.27 bits per heavy atom. The molecular formula is C8H8N2Se. The molecule has 2 N–H and O–H groups in total. The number of aryl methyl sites for hydroxylation is 1. The summed E-state index contributed by atoms with van der Waals surface area (Å²) < 4.78 is 0.986. The fourth-order valence-corrected chi connectivity index (χ4v) is 1.89. The van der Waals surface area contributed by atoms with Gasteiger partial charge < -0.3 is 0 Å². The van der Waals surface area contributed by atoms with E-state index in [0.717, 1.165) is 15.7 Å². The maximum absolute atomic E-state index is 8.46. The minimum atomic E-state index is -0.129. The van der Waals surface area contributed by atoms with E-state index >= 15 is 0 Å². The van der Waals surface area contributed by atoms with Crippen LogP contribution in [0.1, 0.15) is 5.56 Å². The topological polar surface area (TPSA) is 49.8 Å².